The van der Waals surface area contributed by atoms with E-state index in [9.17, 15) is 19.5 Å². The molecule has 0 radical (unpaired) electrons. The average molecular weight is 230 g/mol. The van der Waals surface area contributed by atoms with Crippen molar-refractivity contribution in [1.82, 2.24) is 0 Å². The van der Waals surface area contributed by atoms with Gasteiger partial charge >= 0.3 is 0 Å². The Bertz CT molecular complexity index is 567. The normalized spacial score (nSPS) is 14.9. The van der Waals surface area contributed by atoms with Crippen molar-refractivity contribution < 1.29 is 19.5 Å². The molecule has 0 fully saturated rings. The zero-order valence-electron chi connectivity index (χ0n) is 9.19. The Morgan fingerprint density at radius 2 is 1.71 bits per heavy atom. The molecule has 0 amide bonds. The number of hydrogen-bond acceptors (Lipinski definition) is 4. The average Bonchev–Trinajstić information content (AvgIpc) is 2.31. The number of allylic oxidation sites excluding steroid dienone is 1. The monoisotopic (exact) mass is 230 g/mol. The second kappa shape index (κ2) is 3.97. The summed E-state index contributed by atoms with van der Waals surface area (Å²) in [5, 5.41) is 9.91. The van der Waals surface area contributed by atoms with E-state index in [0.29, 0.717) is 5.56 Å². The van der Waals surface area contributed by atoms with Crippen LogP contribution in [0.1, 0.15) is 29.3 Å². The third-order valence-corrected chi connectivity index (χ3v) is 2.62. The van der Waals surface area contributed by atoms with Crippen molar-refractivity contribution in [2.75, 3.05) is 0 Å². The number of Topliss-reactive ketones (excluding diaryl/α,β-unsaturated/α-hetero) is 3. The summed E-state index contributed by atoms with van der Waals surface area (Å²) in [5.41, 5.74) is 0.386. The van der Waals surface area contributed by atoms with Crippen molar-refractivity contribution >= 4 is 23.1 Å². The van der Waals surface area contributed by atoms with Gasteiger partial charge in [-0.25, -0.2) is 0 Å². The molecule has 0 saturated heterocycles. The summed E-state index contributed by atoms with van der Waals surface area (Å²) in [7, 11) is 0. The second-order valence-electron chi connectivity index (χ2n) is 3.91. The number of aliphatic hydroxyl groups excluding tert-OH is 1. The highest BCUT2D eigenvalue weighted by Gasteiger charge is 2.32. The molecule has 4 heteroatoms. The Balaban J connectivity index is 2.63. The quantitative estimate of drug-likeness (QED) is 0.785. The molecule has 1 aliphatic rings. The summed E-state index contributed by atoms with van der Waals surface area (Å²) in [4.78, 5) is 34.5. The minimum atomic E-state index is -0.795. The Labute approximate surface area is 97.6 Å². The molecule has 0 unspecified atom stereocenters. The zero-order chi connectivity index (χ0) is 12.6. The van der Waals surface area contributed by atoms with Gasteiger partial charge in [0.05, 0.1) is 5.57 Å². The largest absolute Gasteiger partial charge is 0.507 e. The number of carbonyl (C=O) groups excluding carboxylic acids is 3. The lowest BCUT2D eigenvalue weighted by Crippen LogP contribution is -2.25. The minimum absolute atomic E-state index is 0.110. The lowest BCUT2D eigenvalue weighted by Gasteiger charge is -2.16. The Kier molecular flexibility index (Phi) is 2.63. The van der Waals surface area contributed by atoms with E-state index in [0.717, 1.165) is 0 Å². The van der Waals surface area contributed by atoms with E-state index in [-0.39, 0.29) is 29.1 Å². The highest BCUT2D eigenvalue weighted by molar-refractivity contribution is 6.52. The maximum Gasteiger partial charge on any atom is 0.234 e. The van der Waals surface area contributed by atoms with Gasteiger partial charge in [-0.1, -0.05) is 24.3 Å². The van der Waals surface area contributed by atoms with Crippen molar-refractivity contribution in [2.24, 2.45) is 0 Å². The molecule has 2 rings (SSSR count). The molecule has 1 N–H and O–H groups in total. The smallest absolute Gasteiger partial charge is 0.234 e. The standard InChI is InChI=1S/C13H10O4/c1-7(14)6-10-11(15)8-4-2-3-5-9(8)12(16)13(10)17/h2-5,15H,6H2,1H3. The fourth-order valence-electron chi connectivity index (χ4n) is 1.83. The van der Waals surface area contributed by atoms with Gasteiger partial charge in [0.2, 0.25) is 11.6 Å². The van der Waals surface area contributed by atoms with Crippen LogP contribution in [0.15, 0.2) is 29.8 Å². The molecule has 4 nitrogen and oxygen atoms in total. The highest BCUT2D eigenvalue weighted by atomic mass is 16.3. The maximum atomic E-state index is 11.7. The summed E-state index contributed by atoms with van der Waals surface area (Å²) in [6.45, 7) is 1.30. The van der Waals surface area contributed by atoms with Crippen LogP contribution in [-0.2, 0) is 9.59 Å². The van der Waals surface area contributed by atoms with Crippen LogP contribution >= 0.6 is 0 Å². The number of benzene rings is 1. The molecular formula is C13H10O4. The van der Waals surface area contributed by atoms with Gasteiger partial charge in [0.1, 0.15) is 11.5 Å². The van der Waals surface area contributed by atoms with E-state index in [4.69, 9.17) is 0 Å². The molecular weight excluding hydrogens is 220 g/mol. The van der Waals surface area contributed by atoms with Crippen molar-refractivity contribution in [3.8, 4) is 0 Å². The lowest BCUT2D eigenvalue weighted by molar-refractivity contribution is -0.118. The second-order valence-corrected chi connectivity index (χ2v) is 3.91. The fraction of sp³-hybridized carbons (Fsp3) is 0.154. The molecule has 1 aromatic carbocycles. The van der Waals surface area contributed by atoms with Gasteiger partial charge in [0.25, 0.3) is 0 Å². The van der Waals surface area contributed by atoms with Crippen LogP contribution in [0.25, 0.3) is 5.76 Å². The third-order valence-electron chi connectivity index (χ3n) is 2.62. The number of hydrogen-bond donors (Lipinski definition) is 1. The Morgan fingerprint density at radius 1 is 1.12 bits per heavy atom. The summed E-state index contributed by atoms with van der Waals surface area (Å²) in [6, 6.07) is 6.31. The van der Waals surface area contributed by atoms with E-state index in [2.05, 4.69) is 0 Å². The number of carbonyl (C=O) groups is 3. The van der Waals surface area contributed by atoms with Crippen LogP contribution < -0.4 is 0 Å². The van der Waals surface area contributed by atoms with Gasteiger partial charge in [0.15, 0.2) is 0 Å². The van der Waals surface area contributed by atoms with Crippen LogP contribution in [0.5, 0.6) is 0 Å². The molecule has 0 saturated carbocycles. The molecule has 0 atom stereocenters. The van der Waals surface area contributed by atoms with Gasteiger partial charge in [-0.15, -0.1) is 0 Å². The van der Waals surface area contributed by atoms with Crippen LogP contribution in [0, 0.1) is 0 Å². The minimum Gasteiger partial charge on any atom is -0.507 e. The van der Waals surface area contributed by atoms with Crippen molar-refractivity contribution in [3.05, 3.63) is 41.0 Å². The molecule has 0 aliphatic heterocycles. The first kappa shape index (κ1) is 11.3. The number of ketones is 3. The van der Waals surface area contributed by atoms with Gasteiger partial charge in [-0.05, 0) is 6.92 Å². The van der Waals surface area contributed by atoms with Gasteiger partial charge in [-0.2, -0.15) is 0 Å². The highest BCUT2D eigenvalue weighted by Crippen LogP contribution is 2.29. The summed E-state index contributed by atoms with van der Waals surface area (Å²) >= 11 is 0. The first-order valence-corrected chi connectivity index (χ1v) is 5.12. The van der Waals surface area contributed by atoms with E-state index >= 15 is 0 Å². The van der Waals surface area contributed by atoms with Crippen LogP contribution in [0.4, 0.5) is 0 Å². The number of fused-ring (bicyclic) bond motifs is 1. The predicted octanol–water partition coefficient (Wildman–Crippen LogP) is 1.70. The van der Waals surface area contributed by atoms with Crippen LogP contribution in [0.3, 0.4) is 0 Å². The maximum absolute atomic E-state index is 11.7. The fourth-order valence-corrected chi connectivity index (χ4v) is 1.83. The summed E-state index contributed by atoms with van der Waals surface area (Å²) < 4.78 is 0. The van der Waals surface area contributed by atoms with Crippen LogP contribution in [-0.4, -0.2) is 22.5 Å². The van der Waals surface area contributed by atoms with E-state index in [1.165, 1.54) is 13.0 Å². The molecule has 0 aromatic heterocycles. The van der Waals surface area contributed by atoms with Gasteiger partial charge in [-0.3, -0.25) is 14.4 Å². The Morgan fingerprint density at radius 3 is 2.29 bits per heavy atom. The summed E-state index contributed by atoms with van der Waals surface area (Å²) in [6.07, 6.45) is -0.218. The first-order chi connectivity index (χ1) is 8.02. The predicted molar refractivity (Wildman–Crippen MR) is 60.6 cm³/mol. The third kappa shape index (κ3) is 1.78. The van der Waals surface area contributed by atoms with E-state index in [1.807, 2.05) is 0 Å². The van der Waals surface area contributed by atoms with Crippen molar-refractivity contribution in [2.45, 2.75) is 13.3 Å². The molecule has 0 bridgehead atoms. The van der Waals surface area contributed by atoms with E-state index < -0.39 is 11.6 Å². The molecule has 1 aliphatic carbocycles. The lowest BCUT2D eigenvalue weighted by atomic mass is 9.86. The van der Waals surface area contributed by atoms with Gasteiger partial charge in [0, 0.05) is 17.5 Å². The van der Waals surface area contributed by atoms with Crippen molar-refractivity contribution in [3.63, 3.8) is 0 Å². The molecule has 0 spiro atoms. The summed E-state index contributed by atoms with van der Waals surface area (Å²) in [5.74, 6) is -2.00. The number of aliphatic hydroxyl groups is 1. The first-order valence-electron chi connectivity index (χ1n) is 5.12. The number of rotatable bonds is 2. The SMILES string of the molecule is CC(=O)CC1=C(O)c2ccccc2C(=O)C1=O. The zero-order valence-corrected chi connectivity index (χ0v) is 9.19. The molecule has 1 aromatic rings. The molecule has 17 heavy (non-hydrogen) atoms. The Hall–Kier alpha value is -2.23. The van der Waals surface area contributed by atoms with E-state index in [1.54, 1.807) is 18.2 Å². The molecule has 86 valence electrons. The van der Waals surface area contributed by atoms with Crippen LogP contribution in [0.2, 0.25) is 0 Å². The van der Waals surface area contributed by atoms with Gasteiger partial charge < -0.3 is 5.11 Å². The molecule has 0 heterocycles. The topological polar surface area (TPSA) is 71.4 Å². The van der Waals surface area contributed by atoms with Crippen molar-refractivity contribution in [1.29, 1.82) is 0 Å².